The number of hydrogen-bond acceptors (Lipinski definition) is 3. The second kappa shape index (κ2) is 3.29. The molecule has 1 amide bonds. The molecule has 0 radical (unpaired) electrons. The van der Waals surface area contributed by atoms with Gasteiger partial charge < -0.3 is 4.90 Å². The van der Waals surface area contributed by atoms with E-state index in [1.54, 1.807) is 4.90 Å². The second-order valence-corrected chi connectivity index (χ2v) is 5.91. The number of sulfone groups is 1. The zero-order valence-electron chi connectivity index (χ0n) is 7.99. The van der Waals surface area contributed by atoms with Gasteiger partial charge in [0, 0.05) is 6.54 Å². The third kappa shape index (κ3) is 2.02. The summed E-state index contributed by atoms with van der Waals surface area (Å²) in [6.45, 7) is 4.25. The van der Waals surface area contributed by atoms with Gasteiger partial charge in [-0.25, -0.2) is 8.42 Å². The molecule has 0 aromatic carbocycles. The van der Waals surface area contributed by atoms with Crippen molar-refractivity contribution in [2.75, 3.05) is 18.1 Å². The van der Waals surface area contributed by atoms with Crippen molar-refractivity contribution in [3.63, 3.8) is 0 Å². The predicted octanol–water partition coefficient (Wildman–Crippen LogP) is 0.0419. The molecular weight excluding hydrogens is 190 g/mol. The van der Waals surface area contributed by atoms with E-state index < -0.39 is 15.4 Å². The third-order valence-corrected chi connectivity index (χ3v) is 4.53. The summed E-state index contributed by atoms with van der Waals surface area (Å²) in [6.07, 6.45) is 1.29. The highest BCUT2D eigenvalue weighted by Gasteiger charge is 2.41. The number of carbonyl (C=O) groups excluding carboxylic acids is 1. The van der Waals surface area contributed by atoms with Gasteiger partial charge in [-0.05, 0) is 20.3 Å². The van der Waals surface area contributed by atoms with E-state index in [9.17, 15) is 13.2 Å². The molecule has 4 nitrogen and oxygen atoms in total. The summed E-state index contributed by atoms with van der Waals surface area (Å²) in [6, 6.07) is 0. The van der Waals surface area contributed by atoms with Crippen LogP contribution in [-0.2, 0) is 14.6 Å². The average molecular weight is 205 g/mol. The third-order valence-electron chi connectivity index (χ3n) is 2.64. The maximum atomic E-state index is 11.2. The molecule has 1 heterocycles. The molecule has 0 aromatic rings. The second-order valence-electron chi connectivity index (χ2n) is 3.73. The fourth-order valence-corrected chi connectivity index (χ4v) is 3.96. The lowest BCUT2D eigenvalue weighted by Crippen LogP contribution is -2.46. The Morgan fingerprint density at radius 2 is 2.15 bits per heavy atom. The number of hydrogen-bond donors (Lipinski definition) is 0. The molecule has 13 heavy (non-hydrogen) atoms. The van der Waals surface area contributed by atoms with Gasteiger partial charge in [0.2, 0.25) is 6.41 Å². The van der Waals surface area contributed by atoms with Crippen molar-refractivity contribution < 1.29 is 13.2 Å². The van der Waals surface area contributed by atoms with Crippen LogP contribution in [0.2, 0.25) is 0 Å². The van der Waals surface area contributed by atoms with Crippen molar-refractivity contribution >= 4 is 16.2 Å². The molecule has 0 bridgehead atoms. The highest BCUT2D eigenvalue weighted by atomic mass is 32.2. The van der Waals surface area contributed by atoms with Crippen LogP contribution in [0.4, 0.5) is 0 Å². The van der Waals surface area contributed by atoms with Crippen LogP contribution in [0.1, 0.15) is 20.3 Å². The van der Waals surface area contributed by atoms with E-state index in [1.165, 1.54) is 0 Å². The first kappa shape index (κ1) is 10.5. The van der Waals surface area contributed by atoms with Crippen molar-refractivity contribution in [2.24, 2.45) is 0 Å². The molecule has 1 fully saturated rings. The summed E-state index contributed by atoms with van der Waals surface area (Å²) in [4.78, 5) is 12.2. The van der Waals surface area contributed by atoms with Crippen LogP contribution in [0, 0.1) is 0 Å². The smallest absolute Gasteiger partial charge is 0.210 e. The van der Waals surface area contributed by atoms with Gasteiger partial charge in [-0.2, -0.15) is 0 Å². The Balaban J connectivity index is 2.85. The number of amides is 1. The largest absolute Gasteiger partial charge is 0.339 e. The Morgan fingerprint density at radius 3 is 2.46 bits per heavy atom. The maximum absolute atomic E-state index is 11.2. The monoisotopic (exact) mass is 205 g/mol. The topological polar surface area (TPSA) is 54.5 Å². The highest BCUT2D eigenvalue weighted by molar-refractivity contribution is 7.91. The Labute approximate surface area is 78.8 Å². The Morgan fingerprint density at radius 1 is 1.54 bits per heavy atom. The first-order chi connectivity index (χ1) is 5.93. The molecule has 1 unspecified atom stereocenters. The molecule has 0 N–H and O–H groups in total. The molecule has 1 rings (SSSR count). The minimum absolute atomic E-state index is 0.104. The molecule has 0 saturated carbocycles. The fourth-order valence-electron chi connectivity index (χ4n) is 1.80. The standard InChI is InChI=1S/C8H15NO3S/c1-3-9(7-10)8(2)4-5-13(11,12)6-8/h7H,3-6H2,1-2H3. The maximum Gasteiger partial charge on any atom is 0.210 e. The van der Waals surface area contributed by atoms with Crippen molar-refractivity contribution in [3.8, 4) is 0 Å². The summed E-state index contributed by atoms with van der Waals surface area (Å²) in [5.41, 5.74) is -0.477. The lowest BCUT2D eigenvalue weighted by atomic mass is 10.0. The minimum atomic E-state index is -2.92. The SMILES string of the molecule is CCN(C=O)C1(C)CCS(=O)(=O)C1. The van der Waals surface area contributed by atoms with Crippen molar-refractivity contribution in [1.29, 1.82) is 0 Å². The number of nitrogens with zero attached hydrogens (tertiary/aromatic N) is 1. The summed E-state index contributed by atoms with van der Waals surface area (Å²) in [5.74, 6) is 0.306. The van der Waals surface area contributed by atoms with Crippen LogP contribution in [0.25, 0.3) is 0 Å². The van der Waals surface area contributed by atoms with Crippen molar-refractivity contribution in [1.82, 2.24) is 4.90 Å². The molecule has 0 aromatic heterocycles. The van der Waals surface area contributed by atoms with Crippen molar-refractivity contribution in [2.45, 2.75) is 25.8 Å². The molecule has 1 aliphatic rings. The molecule has 0 spiro atoms. The highest BCUT2D eigenvalue weighted by Crippen LogP contribution is 2.28. The molecular formula is C8H15NO3S. The Kier molecular flexibility index (Phi) is 2.66. The summed E-state index contributed by atoms with van der Waals surface area (Å²) in [5, 5.41) is 0. The van der Waals surface area contributed by atoms with E-state index in [-0.39, 0.29) is 11.5 Å². The predicted molar refractivity (Wildman–Crippen MR) is 50.1 cm³/mol. The van der Waals surface area contributed by atoms with Crippen LogP contribution in [0.5, 0.6) is 0 Å². The zero-order valence-corrected chi connectivity index (χ0v) is 8.80. The summed E-state index contributed by atoms with van der Waals surface area (Å²) < 4.78 is 22.5. The number of carbonyl (C=O) groups is 1. The van der Waals surface area contributed by atoms with Gasteiger partial charge in [0.1, 0.15) is 0 Å². The van der Waals surface area contributed by atoms with E-state index in [0.29, 0.717) is 13.0 Å². The van der Waals surface area contributed by atoms with Gasteiger partial charge in [-0.3, -0.25) is 4.79 Å². The molecule has 1 aliphatic heterocycles. The first-order valence-electron chi connectivity index (χ1n) is 4.36. The van der Waals surface area contributed by atoms with E-state index in [4.69, 9.17) is 0 Å². The summed E-state index contributed by atoms with van der Waals surface area (Å²) in [7, 11) is -2.92. The van der Waals surface area contributed by atoms with E-state index in [2.05, 4.69) is 0 Å². The zero-order chi connectivity index (χ0) is 10.1. The normalized spacial score (nSPS) is 31.5. The molecule has 1 atom stereocenters. The van der Waals surface area contributed by atoms with Gasteiger partial charge in [0.15, 0.2) is 9.84 Å². The van der Waals surface area contributed by atoms with Gasteiger partial charge >= 0.3 is 0 Å². The van der Waals surface area contributed by atoms with Crippen LogP contribution < -0.4 is 0 Å². The van der Waals surface area contributed by atoms with Gasteiger partial charge in [-0.1, -0.05) is 0 Å². The Bertz CT molecular complexity index is 299. The number of rotatable bonds is 3. The molecule has 0 aliphatic carbocycles. The van der Waals surface area contributed by atoms with Crippen LogP contribution in [-0.4, -0.2) is 43.3 Å². The minimum Gasteiger partial charge on any atom is -0.339 e. The summed E-state index contributed by atoms with van der Waals surface area (Å²) >= 11 is 0. The van der Waals surface area contributed by atoms with E-state index >= 15 is 0 Å². The fraction of sp³-hybridized carbons (Fsp3) is 0.875. The van der Waals surface area contributed by atoms with Gasteiger partial charge in [0.05, 0.1) is 17.0 Å². The first-order valence-corrected chi connectivity index (χ1v) is 6.18. The molecule has 76 valence electrons. The van der Waals surface area contributed by atoms with E-state index in [0.717, 1.165) is 6.41 Å². The molecule has 1 saturated heterocycles. The van der Waals surface area contributed by atoms with Crippen LogP contribution in [0.3, 0.4) is 0 Å². The van der Waals surface area contributed by atoms with Crippen LogP contribution >= 0.6 is 0 Å². The van der Waals surface area contributed by atoms with Gasteiger partial charge in [0.25, 0.3) is 0 Å². The van der Waals surface area contributed by atoms with E-state index in [1.807, 2.05) is 13.8 Å². The lowest BCUT2D eigenvalue weighted by Gasteiger charge is -2.33. The van der Waals surface area contributed by atoms with Gasteiger partial charge in [-0.15, -0.1) is 0 Å². The Hall–Kier alpha value is -0.580. The lowest BCUT2D eigenvalue weighted by molar-refractivity contribution is -0.122. The molecule has 5 heteroatoms. The quantitative estimate of drug-likeness (QED) is 0.611. The van der Waals surface area contributed by atoms with Crippen molar-refractivity contribution in [3.05, 3.63) is 0 Å². The van der Waals surface area contributed by atoms with Crippen LogP contribution in [0.15, 0.2) is 0 Å². The average Bonchev–Trinajstić information content (AvgIpc) is 2.29.